The minimum absolute atomic E-state index is 0.222. The number of rotatable bonds is 5. The predicted octanol–water partition coefficient (Wildman–Crippen LogP) is 1.76. The van der Waals surface area contributed by atoms with Crippen LogP contribution in [-0.2, 0) is 10.1 Å². The number of hydrogen-bond donors (Lipinski definition) is 2. The van der Waals surface area contributed by atoms with Crippen LogP contribution in [-0.4, -0.2) is 24.8 Å². The van der Waals surface area contributed by atoms with Gasteiger partial charge in [-0.2, -0.15) is 8.42 Å². The summed E-state index contributed by atoms with van der Waals surface area (Å²) in [5.74, 6) is 0. The lowest BCUT2D eigenvalue weighted by atomic mass is 10.3. The second-order valence-corrected chi connectivity index (χ2v) is 4.99. The number of hydrogen-bond acceptors (Lipinski definition) is 3. The van der Waals surface area contributed by atoms with E-state index in [-0.39, 0.29) is 6.54 Å². The van der Waals surface area contributed by atoms with Gasteiger partial charge in [0.2, 0.25) is 0 Å². The predicted molar refractivity (Wildman–Crippen MR) is 60.6 cm³/mol. The summed E-state index contributed by atoms with van der Waals surface area (Å²) in [7, 11) is -3.95. The highest BCUT2D eigenvalue weighted by molar-refractivity contribution is 7.86. The Labute approximate surface area is 90.1 Å². The van der Waals surface area contributed by atoms with Crippen molar-refractivity contribution >= 4 is 15.8 Å². The maximum atomic E-state index is 10.9. The van der Waals surface area contributed by atoms with Crippen LogP contribution in [0.15, 0.2) is 30.3 Å². The van der Waals surface area contributed by atoms with Crippen LogP contribution >= 0.6 is 0 Å². The van der Waals surface area contributed by atoms with Crippen molar-refractivity contribution in [3.63, 3.8) is 0 Å². The molecule has 84 valence electrons. The molecule has 1 aromatic rings. The van der Waals surface area contributed by atoms with Crippen molar-refractivity contribution in [3.8, 4) is 0 Å². The minimum Gasteiger partial charge on any atom is -0.384 e. The molecule has 0 spiro atoms. The highest BCUT2D eigenvalue weighted by Crippen LogP contribution is 2.08. The molecule has 5 heteroatoms. The van der Waals surface area contributed by atoms with Crippen molar-refractivity contribution in [2.24, 2.45) is 0 Å². The summed E-state index contributed by atoms with van der Waals surface area (Å²) in [6.07, 6.45) is 0.388. The maximum Gasteiger partial charge on any atom is 0.269 e. The number of anilines is 1. The molecule has 0 aliphatic rings. The highest BCUT2D eigenvalue weighted by Gasteiger charge is 2.20. The van der Waals surface area contributed by atoms with Gasteiger partial charge in [0, 0.05) is 12.2 Å². The minimum atomic E-state index is -3.95. The van der Waals surface area contributed by atoms with E-state index in [4.69, 9.17) is 4.55 Å². The summed E-state index contributed by atoms with van der Waals surface area (Å²) in [5.41, 5.74) is 0.847. The molecular formula is C10H15NO3S. The van der Waals surface area contributed by atoms with Crippen molar-refractivity contribution in [1.82, 2.24) is 0 Å². The molecule has 0 saturated carbocycles. The third-order valence-electron chi connectivity index (χ3n) is 2.18. The molecule has 0 fully saturated rings. The van der Waals surface area contributed by atoms with E-state index < -0.39 is 15.4 Å². The molecule has 0 saturated heterocycles. The number of nitrogens with one attached hydrogen (secondary N) is 1. The molecule has 15 heavy (non-hydrogen) atoms. The molecular weight excluding hydrogens is 214 g/mol. The smallest absolute Gasteiger partial charge is 0.269 e. The molecule has 0 aromatic heterocycles. The molecule has 0 amide bonds. The van der Waals surface area contributed by atoms with Crippen molar-refractivity contribution in [1.29, 1.82) is 0 Å². The normalized spacial score (nSPS) is 13.5. The molecule has 1 atom stereocenters. The van der Waals surface area contributed by atoms with E-state index in [9.17, 15) is 8.42 Å². The SMILES string of the molecule is CCC(CNc1ccccc1)S(=O)(=O)O. The first-order chi connectivity index (χ1) is 7.04. The first-order valence-electron chi connectivity index (χ1n) is 4.79. The van der Waals surface area contributed by atoms with E-state index in [0.29, 0.717) is 6.42 Å². The Morgan fingerprint density at radius 2 is 1.93 bits per heavy atom. The number of para-hydroxylation sites is 1. The summed E-state index contributed by atoms with van der Waals surface area (Å²) in [4.78, 5) is 0. The van der Waals surface area contributed by atoms with Crippen LogP contribution in [0.4, 0.5) is 5.69 Å². The fourth-order valence-corrected chi connectivity index (χ4v) is 1.96. The molecule has 1 unspecified atom stereocenters. The van der Waals surface area contributed by atoms with E-state index in [1.165, 1.54) is 0 Å². The summed E-state index contributed by atoms with van der Waals surface area (Å²) in [5, 5.41) is 2.21. The first-order valence-corrected chi connectivity index (χ1v) is 6.29. The van der Waals surface area contributed by atoms with Gasteiger partial charge in [-0.25, -0.2) is 0 Å². The summed E-state index contributed by atoms with van der Waals surface area (Å²) in [6, 6.07) is 9.28. The van der Waals surface area contributed by atoms with Crippen molar-refractivity contribution < 1.29 is 13.0 Å². The van der Waals surface area contributed by atoms with E-state index in [2.05, 4.69) is 5.32 Å². The van der Waals surface area contributed by atoms with Gasteiger partial charge < -0.3 is 5.32 Å². The molecule has 0 bridgehead atoms. The monoisotopic (exact) mass is 229 g/mol. The highest BCUT2D eigenvalue weighted by atomic mass is 32.2. The van der Waals surface area contributed by atoms with Gasteiger partial charge in [-0.05, 0) is 18.6 Å². The molecule has 1 rings (SSSR count). The van der Waals surface area contributed by atoms with Crippen LogP contribution in [0, 0.1) is 0 Å². The second kappa shape index (κ2) is 5.14. The van der Waals surface area contributed by atoms with Crippen LogP contribution in [0.25, 0.3) is 0 Å². The standard InChI is InChI=1S/C10H15NO3S/c1-2-10(15(12,13)14)8-11-9-6-4-3-5-7-9/h3-7,10-11H,2,8H2,1H3,(H,12,13,14). The third-order valence-corrected chi connectivity index (χ3v) is 3.53. The lowest BCUT2D eigenvalue weighted by Gasteiger charge is -2.13. The van der Waals surface area contributed by atoms with Crippen molar-refractivity contribution in [3.05, 3.63) is 30.3 Å². The van der Waals surface area contributed by atoms with E-state index in [1.807, 2.05) is 30.3 Å². The van der Waals surface area contributed by atoms with Gasteiger partial charge in [0.15, 0.2) is 0 Å². The van der Waals surface area contributed by atoms with Gasteiger partial charge in [0.05, 0.1) is 0 Å². The average molecular weight is 229 g/mol. The topological polar surface area (TPSA) is 66.4 Å². The van der Waals surface area contributed by atoms with Crippen LogP contribution in [0.2, 0.25) is 0 Å². The van der Waals surface area contributed by atoms with Gasteiger partial charge in [0.1, 0.15) is 5.25 Å². The lowest BCUT2D eigenvalue weighted by Crippen LogP contribution is -2.27. The Morgan fingerprint density at radius 3 is 2.40 bits per heavy atom. The molecule has 1 aromatic carbocycles. The molecule has 4 nitrogen and oxygen atoms in total. The number of benzene rings is 1. The Balaban J connectivity index is 2.56. The van der Waals surface area contributed by atoms with Crippen LogP contribution < -0.4 is 5.32 Å². The van der Waals surface area contributed by atoms with Crippen molar-refractivity contribution in [2.75, 3.05) is 11.9 Å². The van der Waals surface area contributed by atoms with E-state index in [0.717, 1.165) is 5.69 Å². The third kappa shape index (κ3) is 3.89. The lowest BCUT2D eigenvalue weighted by molar-refractivity contribution is 0.466. The zero-order valence-electron chi connectivity index (χ0n) is 8.55. The quantitative estimate of drug-likeness (QED) is 0.755. The van der Waals surface area contributed by atoms with Gasteiger partial charge >= 0.3 is 0 Å². The Bertz CT molecular complexity index is 388. The molecule has 0 aliphatic heterocycles. The van der Waals surface area contributed by atoms with Gasteiger partial charge in [-0.1, -0.05) is 25.1 Å². The summed E-state index contributed by atoms with van der Waals surface area (Å²) < 4.78 is 30.7. The average Bonchev–Trinajstić information content (AvgIpc) is 2.18. The fourth-order valence-electron chi connectivity index (χ4n) is 1.25. The summed E-state index contributed by atoms with van der Waals surface area (Å²) >= 11 is 0. The maximum absolute atomic E-state index is 10.9. The first kappa shape index (κ1) is 12.0. The molecule has 0 aliphatic carbocycles. The molecule has 0 heterocycles. The van der Waals surface area contributed by atoms with E-state index in [1.54, 1.807) is 6.92 Å². The molecule has 2 N–H and O–H groups in total. The summed E-state index contributed by atoms with van der Waals surface area (Å²) in [6.45, 7) is 1.95. The Hall–Kier alpha value is -1.07. The Kier molecular flexibility index (Phi) is 4.11. The van der Waals surface area contributed by atoms with Crippen LogP contribution in [0.5, 0.6) is 0 Å². The second-order valence-electron chi connectivity index (χ2n) is 3.29. The van der Waals surface area contributed by atoms with Crippen LogP contribution in [0.3, 0.4) is 0 Å². The zero-order valence-corrected chi connectivity index (χ0v) is 9.37. The van der Waals surface area contributed by atoms with E-state index >= 15 is 0 Å². The zero-order chi connectivity index (χ0) is 11.3. The fraction of sp³-hybridized carbons (Fsp3) is 0.400. The van der Waals surface area contributed by atoms with Crippen LogP contribution in [0.1, 0.15) is 13.3 Å². The van der Waals surface area contributed by atoms with Gasteiger partial charge in [-0.3, -0.25) is 4.55 Å². The van der Waals surface area contributed by atoms with Crippen molar-refractivity contribution in [2.45, 2.75) is 18.6 Å². The molecule has 0 radical (unpaired) electrons. The van der Waals surface area contributed by atoms with Gasteiger partial charge in [0.25, 0.3) is 10.1 Å². The Morgan fingerprint density at radius 1 is 1.33 bits per heavy atom. The van der Waals surface area contributed by atoms with Gasteiger partial charge in [-0.15, -0.1) is 0 Å². The largest absolute Gasteiger partial charge is 0.384 e.